The molecule has 1 aliphatic rings. The predicted octanol–water partition coefficient (Wildman–Crippen LogP) is 2.76. The Hall–Kier alpha value is -2.22. The zero-order valence-electron chi connectivity index (χ0n) is 13.9. The van der Waals surface area contributed by atoms with Crippen molar-refractivity contribution in [3.8, 4) is 0 Å². The molecule has 0 amide bonds. The monoisotopic (exact) mass is 395 g/mol. The summed E-state index contributed by atoms with van der Waals surface area (Å²) >= 11 is 5.84. The van der Waals surface area contributed by atoms with Crippen LogP contribution in [0.5, 0.6) is 0 Å². The van der Waals surface area contributed by atoms with Crippen molar-refractivity contribution in [3.05, 3.63) is 81.9 Å². The highest BCUT2D eigenvalue weighted by Crippen LogP contribution is 2.36. The van der Waals surface area contributed by atoms with Crippen LogP contribution in [-0.4, -0.2) is 19.6 Å². The van der Waals surface area contributed by atoms with Crippen molar-refractivity contribution in [1.82, 2.24) is 0 Å². The lowest BCUT2D eigenvalue weighted by molar-refractivity contribution is 0.0408. The number of ether oxygens (including phenoxy) is 1. The molecule has 0 aromatic heterocycles. The van der Waals surface area contributed by atoms with E-state index >= 15 is 0 Å². The number of benzene rings is 2. The van der Waals surface area contributed by atoms with Crippen molar-refractivity contribution in [2.75, 3.05) is 0 Å². The van der Waals surface area contributed by atoms with Gasteiger partial charge in [0.15, 0.2) is 12.2 Å². The zero-order chi connectivity index (χ0) is 18.9. The highest BCUT2D eigenvalue weighted by molar-refractivity contribution is 7.86. The van der Waals surface area contributed by atoms with Crippen LogP contribution < -0.4 is 5.73 Å². The molecule has 0 aliphatic carbocycles. The lowest BCUT2D eigenvalue weighted by Gasteiger charge is -2.16. The van der Waals surface area contributed by atoms with E-state index in [0.29, 0.717) is 16.1 Å². The van der Waals surface area contributed by atoms with Crippen LogP contribution in [0.2, 0.25) is 5.02 Å². The van der Waals surface area contributed by atoms with Crippen LogP contribution in [-0.2, 0) is 24.8 Å². The van der Waals surface area contributed by atoms with Gasteiger partial charge in [-0.3, -0.25) is 0 Å². The normalized spacial score (nSPS) is 20.1. The van der Waals surface area contributed by atoms with Crippen LogP contribution in [0, 0.1) is 6.92 Å². The number of aryl methyl sites for hydroxylation is 1. The molecule has 0 saturated carbocycles. The largest absolute Gasteiger partial charge is 0.465 e. The lowest BCUT2D eigenvalue weighted by Crippen LogP contribution is -2.20. The van der Waals surface area contributed by atoms with Gasteiger partial charge in [0.05, 0.1) is 0 Å². The maximum atomic E-state index is 12.4. The summed E-state index contributed by atoms with van der Waals surface area (Å²) in [7, 11) is -4.01. The first kappa shape index (κ1) is 18.6. The Balaban J connectivity index is 1.76. The van der Waals surface area contributed by atoms with Gasteiger partial charge in [-0.2, -0.15) is 8.42 Å². The van der Waals surface area contributed by atoms with E-state index in [-0.39, 0.29) is 17.4 Å². The minimum absolute atomic E-state index is 0.259. The fraction of sp³-hybridized carbons (Fsp3) is 0.222. The zero-order valence-corrected chi connectivity index (χ0v) is 15.5. The van der Waals surface area contributed by atoms with Gasteiger partial charge in [-0.25, -0.2) is 0 Å². The van der Waals surface area contributed by atoms with Crippen LogP contribution in [0.1, 0.15) is 22.8 Å². The minimum atomic E-state index is -4.01. The number of nitrogens with two attached hydrogens (primary N) is 1. The van der Waals surface area contributed by atoms with Crippen LogP contribution >= 0.6 is 11.6 Å². The van der Waals surface area contributed by atoms with Crippen molar-refractivity contribution >= 4 is 21.7 Å². The molecule has 8 heteroatoms. The highest BCUT2D eigenvalue weighted by atomic mass is 35.5. The molecule has 2 aromatic rings. The summed E-state index contributed by atoms with van der Waals surface area (Å²) in [5.41, 5.74) is 7.84. The SMILES string of the molecule is Cc1cccc(CS(=O)(=O)OC2=C(N)OC(c3ccc(Cl)cc3)C2O)c1. The second kappa shape index (κ2) is 7.19. The molecule has 2 aromatic carbocycles. The van der Waals surface area contributed by atoms with Gasteiger partial charge in [-0.15, -0.1) is 0 Å². The third-order valence-corrected chi connectivity index (χ3v) is 5.27. The molecule has 0 fully saturated rings. The third-order valence-electron chi connectivity index (χ3n) is 3.89. The van der Waals surface area contributed by atoms with Gasteiger partial charge >= 0.3 is 10.1 Å². The topological polar surface area (TPSA) is 98.9 Å². The average molecular weight is 396 g/mol. The molecular weight excluding hydrogens is 378 g/mol. The molecule has 0 bridgehead atoms. The Morgan fingerprint density at radius 1 is 1.23 bits per heavy atom. The number of aliphatic hydroxyl groups excluding tert-OH is 1. The Kier molecular flexibility index (Phi) is 5.13. The van der Waals surface area contributed by atoms with Gasteiger partial charge in [-0.1, -0.05) is 53.6 Å². The van der Waals surface area contributed by atoms with Gasteiger partial charge in [0.2, 0.25) is 11.6 Å². The average Bonchev–Trinajstić information content (AvgIpc) is 2.83. The molecule has 2 unspecified atom stereocenters. The second-order valence-corrected chi connectivity index (χ2v) is 8.04. The van der Waals surface area contributed by atoms with Crippen molar-refractivity contribution in [2.45, 2.75) is 24.9 Å². The van der Waals surface area contributed by atoms with E-state index in [2.05, 4.69) is 0 Å². The Morgan fingerprint density at radius 3 is 2.58 bits per heavy atom. The molecule has 1 aliphatic heterocycles. The number of aliphatic hydroxyl groups is 1. The number of halogens is 1. The molecular formula is C18H18ClNO5S. The molecule has 1 heterocycles. The summed E-state index contributed by atoms with van der Waals surface area (Å²) in [6.45, 7) is 1.86. The predicted molar refractivity (Wildman–Crippen MR) is 97.4 cm³/mol. The standard InChI is InChI=1S/C18H18ClNO5S/c1-11-3-2-4-12(9-11)10-26(22,23)25-17-15(21)16(24-18(17)20)13-5-7-14(19)8-6-13/h2-9,15-16,21H,10,20H2,1H3. The first-order valence-electron chi connectivity index (χ1n) is 7.83. The van der Waals surface area contributed by atoms with Crippen LogP contribution in [0.3, 0.4) is 0 Å². The molecule has 6 nitrogen and oxygen atoms in total. The van der Waals surface area contributed by atoms with E-state index in [1.54, 1.807) is 42.5 Å². The lowest BCUT2D eigenvalue weighted by atomic mass is 10.0. The molecule has 138 valence electrons. The highest BCUT2D eigenvalue weighted by Gasteiger charge is 2.39. The van der Waals surface area contributed by atoms with Crippen LogP contribution in [0.15, 0.2) is 60.2 Å². The third kappa shape index (κ3) is 4.12. The molecule has 3 N–H and O–H groups in total. The van der Waals surface area contributed by atoms with Crippen molar-refractivity contribution in [1.29, 1.82) is 0 Å². The number of rotatable bonds is 5. The quantitative estimate of drug-likeness (QED) is 0.755. The van der Waals surface area contributed by atoms with Crippen molar-refractivity contribution in [2.24, 2.45) is 5.73 Å². The van der Waals surface area contributed by atoms with E-state index < -0.39 is 22.3 Å². The van der Waals surface area contributed by atoms with Crippen LogP contribution in [0.25, 0.3) is 0 Å². The van der Waals surface area contributed by atoms with Crippen LogP contribution in [0.4, 0.5) is 0 Å². The molecule has 0 radical (unpaired) electrons. The summed E-state index contributed by atoms with van der Waals surface area (Å²) < 4.78 is 35.2. The van der Waals surface area contributed by atoms with Crippen molar-refractivity contribution < 1.29 is 22.4 Å². The summed E-state index contributed by atoms with van der Waals surface area (Å²) in [5.74, 6) is -0.910. The minimum Gasteiger partial charge on any atom is -0.465 e. The molecule has 3 rings (SSSR count). The van der Waals surface area contributed by atoms with Gasteiger partial charge in [0.1, 0.15) is 5.75 Å². The fourth-order valence-electron chi connectivity index (χ4n) is 2.71. The van der Waals surface area contributed by atoms with E-state index in [9.17, 15) is 13.5 Å². The molecule has 26 heavy (non-hydrogen) atoms. The first-order valence-corrected chi connectivity index (χ1v) is 9.78. The van der Waals surface area contributed by atoms with Gasteiger partial charge in [0.25, 0.3) is 0 Å². The summed E-state index contributed by atoms with van der Waals surface area (Å²) in [6, 6.07) is 13.6. The van der Waals surface area contributed by atoms with Gasteiger partial charge in [-0.05, 0) is 30.2 Å². The molecule has 0 saturated heterocycles. The fourth-order valence-corrected chi connectivity index (χ4v) is 3.94. The molecule has 0 spiro atoms. The van der Waals surface area contributed by atoms with E-state index in [0.717, 1.165) is 5.56 Å². The van der Waals surface area contributed by atoms with Gasteiger partial charge < -0.3 is 19.8 Å². The Labute approximate surface area is 156 Å². The first-order chi connectivity index (χ1) is 12.2. The van der Waals surface area contributed by atoms with E-state index in [1.807, 2.05) is 13.0 Å². The van der Waals surface area contributed by atoms with Gasteiger partial charge in [0, 0.05) is 5.02 Å². The molecule has 2 atom stereocenters. The summed E-state index contributed by atoms with van der Waals surface area (Å²) in [4.78, 5) is 0. The number of hydrogen-bond donors (Lipinski definition) is 2. The summed E-state index contributed by atoms with van der Waals surface area (Å²) in [5, 5.41) is 11.0. The number of hydrogen-bond acceptors (Lipinski definition) is 6. The van der Waals surface area contributed by atoms with E-state index in [4.69, 9.17) is 26.3 Å². The maximum absolute atomic E-state index is 12.4. The second-order valence-electron chi connectivity index (χ2n) is 6.04. The van der Waals surface area contributed by atoms with Crippen molar-refractivity contribution in [3.63, 3.8) is 0 Å². The Bertz CT molecular complexity index is 940. The summed E-state index contributed by atoms with van der Waals surface area (Å²) in [6.07, 6.45) is -2.21. The smallest absolute Gasteiger partial charge is 0.313 e. The Morgan fingerprint density at radius 2 is 1.92 bits per heavy atom. The maximum Gasteiger partial charge on any atom is 0.313 e. The van der Waals surface area contributed by atoms with E-state index in [1.165, 1.54) is 0 Å².